The van der Waals surface area contributed by atoms with Crippen LogP contribution in [0.2, 0.25) is 0 Å². The van der Waals surface area contributed by atoms with E-state index in [-0.39, 0.29) is 23.6 Å². The van der Waals surface area contributed by atoms with Gasteiger partial charge in [-0.25, -0.2) is 0 Å². The van der Waals surface area contributed by atoms with Gasteiger partial charge in [0, 0.05) is 18.7 Å². The molecular weight excluding hydrogens is 486 g/mol. The van der Waals surface area contributed by atoms with E-state index >= 15 is 0 Å². The Hall–Kier alpha value is -3.64. The van der Waals surface area contributed by atoms with Crippen LogP contribution in [0.25, 0.3) is 0 Å². The lowest BCUT2D eigenvalue weighted by atomic mass is 9.90. The number of carbonyl (C=O) groups is 2. The Morgan fingerprint density at radius 2 is 1.72 bits per heavy atom. The molecule has 0 saturated carbocycles. The Bertz CT molecular complexity index is 1350. The Morgan fingerprint density at radius 1 is 1.05 bits per heavy atom. The second-order valence-corrected chi connectivity index (χ2v) is 11.3. The summed E-state index contributed by atoms with van der Waals surface area (Å²) in [6.07, 6.45) is 4.61. The van der Waals surface area contributed by atoms with E-state index in [9.17, 15) is 14.7 Å². The summed E-state index contributed by atoms with van der Waals surface area (Å²) in [6, 6.07) is 17.6. The lowest BCUT2D eigenvalue weighted by Crippen LogP contribution is -2.46. The molecule has 5 rings (SSSR count). The molecule has 6 heteroatoms. The predicted molar refractivity (Wildman–Crippen MR) is 155 cm³/mol. The first-order valence-corrected chi connectivity index (χ1v) is 14.1. The van der Waals surface area contributed by atoms with Crippen molar-refractivity contribution in [3.05, 3.63) is 93.5 Å². The van der Waals surface area contributed by atoms with Crippen LogP contribution < -0.4 is 16.0 Å². The van der Waals surface area contributed by atoms with Crippen molar-refractivity contribution >= 4 is 17.5 Å². The van der Waals surface area contributed by atoms with Gasteiger partial charge in [0.15, 0.2) is 0 Å². The summed E-state index contributed by atoms with van der Waals surface area (Å²) in [6.45, 7) is 6.29. The average Bonchev–Trinajstić information content (AvgIpc) is 3.32. The molecular formula is C33H39N3O3. The zero-order valence-corrected chi connectivity index (χ0v) is 23.2. The third-order valence-electron chi connectivity index (χ3n) is 8.42. The summed E-state index contributed by atoms with van der Waals surface area (Å²) in [5, 5.41) is 13.1. The van der Waals surface area contributed by atoms with Crippen LogP contribution in [0.5, 0.6) is 5.75 Å². The second kappa shape index (κ2) is 11.2. The highest BCUT2D eigenvalue weighted by molar-refractivity contribution is 5.95. The molecule has 0 aromatic heterocycles. The van der Waals surface area contributed by atoms with E-state index in [1.165, 1.54) is 16.7 Å². The number of nitrogens with two attached hydrogens (primary N) is 1. The van der Waals surface area contributed by atoms with Crippen LogP contribution >= 0.6 is 0 Å². The van der Waals surface area contributed by atoms with Gasteiger partial charge in [-0.2, -0.15) is 0 Å². The lowest BCUT2D eigenvalue weighted by molar-refractivity contribution is -0.123. The maximum Gasteiger partial charge on any atom is 0.237 e. The summed E-state index contributed by atoms with van der Waals surface area (Å²) in [5.74, 6) is 0.657. The number of aromatic hydroxyl groups is 1. The molecule has 0 radical (unpaired) electrons. The smallest absolute Gasteiger partial charge is 0.237 e. The summed E-state index contributed by atoms with van der Waals surface area (Å²) in [7, 11) is 0. The first-order chi connectivity index (χ1) is 18.7. The van der Waals surface area contributed by atoms with Crippen LogP contribution in [0.3, 0.4) is 0 Å². The highest BCUT2D eigenvalue weighted by Gasteiger charge is 2.31. The molecule has 2 amide bonds. The van der Waals surface area contributed by atoms with Gasteiger partial charge in [0.05, 0.1) is 12.1 Å². The van der Waals surface area contributed by atoms with Crippen LogP contribution in [-0.4, -0.2) is 29.5 Å². The molecule has 1 aliphatic carbocycles. The number of rotatable bonds is 7. The first-order valence-electron chi connectivity index (χ1n) is 14.1. The van der Waals surface area contributed by atoms with E-state index < -0.39 is 6.04 Å². The zero-order chi connectivity index (χ0) is 27.7. The first kappa shape index (κ1) is 26.9. The number of anilines is 1. The number of benzene rings is 3. The fraction of sp³-hybridized carbons (Fsp3) is 0.394. The third-order valence-corrected chi connectivity index (χ3v) is 8.42. The minimum atomic E-state index is -0.717. The van der Waals surface area contributed by atoms with Crippen molar-refractivity contribution in [2.75, 3.05) is 11.4 Å². The van der Waals surface area contributed by atoms with Crippen molar-refractivity contribution in [1.29, 1.82) is 0 Å². The molecule has 6 nitrogen and oxygen atoms in total. The molecule has 2 aliphatic rings. The molecule has 3 aromatic carbocycles. The van der Waals surface area contributed by atoms with E-state index in [4.69, 9.17) is 5.73 Å². The summed E-state index contributed by atoms with van der Waals surface area (Å²) in [4.78, 5) is 27.9. The van der Waals surface area contributed by atoms with Crippen molar-refractivity contribution in [1.82, 2.24) is 5.32 Å². The largest absolute Gasteiger partial charge is 0.508 e. The second-order valence-electron chi connectivity index (χ2n) is 11.3. The number of amides is 2. The summed E-state index contributed by atoms with van der Waals surface area (Å²) in [5.41, 5.74) is 15.2. The van der Waals surface area contributed by atoms with Gasteiger partial charge >= 0.3 is 0 Å². The topological polar surface area (TPSA) is 95.7 Å². The van der Waals surface area contributed by atoms with Gasteiger partial charge in [-0.15, -0.1) is 0 Å². The van der Waals surface area contributed by atoms with Crippen LogP contribution in [0.4, 0.5) is 5.69 Å². The fourth-order valence-electron chi connectivity index (χ4n) is 6.40. The summed E-state index contributed by atoms with van der Waals surface area (Å²) < 4.78 is 0. The fourth-order valence-corrected chi connectivity index (χ4v) is 6.40. The number of hydrogen-bond donors (Lipinski definition) is 3. The van der Waals surface area contributed by atoms with Gasteiger partial charge in [0.25, 0.3) is 0 Å². The van der Waals surface area contributed by atoms with Gasteiger partial charge in [-0.1, -0.05) is 43.3 Å². The molecule has 0 fully saturated rings. The Morgan fingerprint density at radius 3 is 2.36 bits per heavy atom. The molecule has 2 atom stereocenters. The minimum absolute atomic E-state index is 0.0926. The number of aryl methyl sites for hydroxylation is 2. The molecule has 0 saturated heterocycles. The van der Waals surface area contributed by atoms with Crippen LogP contribution in [-0.2, 0) is 35.3 Å². The van der Waals surface area contributed by atoms with E-state index in [0.717, 1.165) is 47.2 Å². The van der Waals surface area contributed by atoms with Gasteiger partial charge in [0.2, 0.25) is 11.8 Å². The number of nitrogens with zero attached hydrogens (tertiary/aromatic N) is 1. The van der Waals surface area contributed by atoms with Crippen molar-refractivity contribution in [3.63, 3.8) is 0 Å². The van der Waals surface area contributed by atoms with Gasteiger partial charge < -0.3 is 21.1 Å². The Labute approximate surface area is 231 Å². The van der Waals surface area contributed by atoms with Crippen LogP contribution in [0.1, 0.15) is 64.8 Å². The van der Waals surface area contributed by atoms with E-state index in [1.807, 2.05) is 25.7 Å². The van der Waals surface area contributed by atoms with E-state index in [0.29, 0.717) is 31.7 Å². The zero-order valence-electron chi connectivity index (χ0n) is 23.2. The quantitative estimate of drug-likeness (QED) is 0.411. The van der Waals surface area contributed by atoms with E-state index in [2.05, 4.69) is 47.8 Å². The normalized spacial score (nSPS) is 17.4. The maximum absolute atomic E-state index is 13.3. The predicted octanol–water partition coefficient (Wildman–Crippen LogP) is 4.84. The molecule has 39 heavy (non-hydrogen) atoms. The molecule has 0 bridgehead atoms. The van der Waals surface area contributed by atoms with E-state index in [1.54, 1.807) is 12.1 Å². The highest BCUT2D eigenvalue weighted by Crippen LogP contribution is 2.37. The number of nitrogens with one attached hydrogen (secondary N) is 1. The maximum atomic E-state index is 13.3. The number of fused-ring (bicyclic) bond motifs is 2. The van der Waals surface area contributed by atoms with Crippen LogP contribution in [0, 0.1) is 19.8 Å². The van der Waals surface area contributed by atoms with Gasteiger partial charge in [-0.05, 0) is 109 Å². The Kier molecular flexibility index (Phi) is 7.76. The van der Waals surface area contributed by atoms with Crippen molar-refractivity contribution in [3.8, 4) is 5.75 Å². The molecule has 4 N–H and O–H groups in total. The number of carbonyl (C=O) groups excluding carboxylic acids is 2. The van der Waals surface area contributed by atoms with Gasteiger partial charge in [-0.3, -0.25) is 9.59 Å². The number of phenols is 1. The monoisotopic (exact) mass is 525 g/mol. The van der Waals surface area contributed by atoms with Crippen molar-refractivity contribution < 1.29 is 14.7 Å². The number of hydrogen-bond acceptors (Lipinski definition) is 4. The average molecular weight is 526 g/mol. The minimum Gasteiger partial charge on any atom is -0.508 e. The van der Waals surface area contributed by atoms with Crippen molar-refractivity contribution in [2.45, 2.75) is 71.4 Å². The molecule has 1 aliphatic heterocycles. The molecule has 3 aromatic rings. The third kappa shape index (κ3) is 5.71. The highest BCUT2D eigenvalue weighted by atomic mass is 16.3. The van der Waals surface area contributed by atoms with Gasteiger partial charge in [0.1, 0.15) is 5.75 Å². The SMILES string of the molecule is CCC(=O)N1CC[C@@H](NC(=O)[C@@H](N)Cc2c(C)cc(O)cc2C)c2cc(CC3Cc4ccccc4C3)ccc21. The number of phenolic OH excluding ortho intramolecular Hbond substituents is 1. The standard InChI is InChI=1S/C33H39N3O3/c1-4-32(38)36-12-11-30(35-33(39)29(34)19-27-20(2)13-26(37)14-21(27)3)28-18-22(9-10-31(28)36)15-23-16-24-7-5-6-8-25(24)17-23/h5-10,13-14,18,23,29-30,37H,4,11-12,15-17,19,34H2,1-3H3,(H,35,39)/t29-,30+/m0/s1. The molecule has 1 heterocycles. The van der Waals surface area contributed by atoms with Crippen molar-refractivity contribution in [2.24, 2.45) is 11.7 Å². The molecule has 0 unspecified atom stereocenters. The molecule has 0 spiro atoms. The lowest BCUT2D eigenvalue weighted by Gasteiger charge is -2.35. The van der Waals surface area contributed by atoms with Crippen LogP contribution in [0.15, 0.2) is 54.6 Å². The molecule has 204 valence electrons. The summed E-state index contributed by atoms with van der Waals surface area (Å²) >= 11 is 0. The Balaban J connectivity index is 1.35.